The van der Waals surface area contributed by atoms with Gasteiger partial charge in [-0.25, -0.2) is 9.50 Å². The summed E-state index contributed by atoms with van der Waals surface area (Å²) in [5.41, 5.74) is 7.82. The van der Waals surface area contributed by atoms with E-state index in [0.717, 1.165) is 30.0 Å². The molecule has 0 amide bonds. The van der Waals surface area contributed by atoms with Crippen LogP contribution in [0.2, 0.25) is 0 Å². The Morgan fingerprint density at radius 2 is 2.05 bits per heavy atom. The molecule has 0 bridgehead atoms. The van der Waals surface area contributed by atoms with Crippen molar-refractivity contribution in [3.8, 4) is 0 Å². The summed E-state index contributed by atoms with van der Waals surface area (Å²) in [5.74, 6) is 1.41. The highest BCUT2D eigenvalue weighted by atomic mass is 15.3. The van der Waals surface area contributed by atoms with Crippen molar-refractivity contribution in [3.63, 3.8) is 0 Å². The van der Waals surface area contributed by atoms with Gasteiger partial charge < -0.3 is 10.6 Å². The van der Waals surface area contributed by atoms with Crippen molar-refractivity contribution >= 4 is 11.3 Å². The molecular formula is C15H25N5. The summed E-state index contributed by atoms with van der Waals surface area (Å²) in [6, 6.07) is 2.53. The van der Waals surface area contributed by atoms with Gasteiger partial charge in [-0.1, -0.05) is 13.8 Å². The smallest absolute Gasteiger partial charge is 0.154 e. The van der Waals surface area contributed by atoms with Gasteiger partial charge in [0.05, 0.1) is 5.69 Å². The van der Waals surface area contributed by atoms with E-state index < -0.39 is 0 Å². The van der Waals surface area contributed by atoms with Crippen LogP contribution < -0.4 is 10.6 Å². The second-order valence-corrected chi connectivity index (χ2v) is 5.73. The quantitative estimate of drug-likeness (QED) is 0.879. The van der Waals surface area contributed by atoms with Crippen LogP contribution in [0.15, 0.2) is 18.5 Å². The largest absolute Gasteiger partial charge is 0.352 e. The molecule has 0 unspecified atom stereocenters. The molecule has 110 valence electrons. The molecule has 0 aliphatic rings. The third kappa shape index (κ3) is 2.93. The maximum absolute atomic E-state index is 5.65. The summed E-state index contributed by atoms with van der Waals surface area (Å²) in [6.45, 7) is 10.3. The van der Waals surface area contributed by atoms with E-state index in [0.29, 0.717) is 18.5 Å². The molecule has 0 saturated carbocycles. The monoisotopic (exact) mass is 275 g/mol. The van der Waals surface area contributed by atoms with Crippen molar-refractivity contribution in [1.29, 1.82) is 0 Å². The molecule has 2 heterocycles. The average Bonchev–Trinajstić information content (AvgIpc) is 2.83. The van der Waals surface area contributed by atoms with Gasteiger partial charge in [0.1, 0.15) is 5.52 Å². The molecule has 0 aliphatic carbocycles. The van der Waals surface area contributed by atoms with Gasteiger partial charge in [-0.3, -0.25) is 0 Å². The number of aromatic nitrogens is 3. The van der Waals surface area contributed by atoms with Crippen LogP contribution in [0.3, 0.4) is 0 Å². The lowest BCUT2D eigenvalue weighted by Gasteiger charge is -2.28. The molecular weight excluding hydrogens is 250 g/mol. The Balaban J connectivity index is 2.45. The standard InChI is InChI=1S/C15H25N5/c1-11(2)13-10-14-15(17-7-9-20(14)18-13)19(12(3)4)8-5-6-16/h7,9-12H,5-6,8,16H2,1-4H3. The number of hydrogen-bond donors (Lipinski definition) is 1. The number of nitrogens with two attached hydrogens (primary N) is 1. The topological polar surface area (TPSA) is 59.5 Å². The second kappa shape index (κ2) is 6.22. The zero-order valence-corrected chi connectivity index (χ0v) is 12.9. The van der Waals surface area contributed by atoms with E-state index in [2.05, 4.69) is 48.7 Å². The molecule has 0 radical (unpaired) electrons. The van der Waals surface area contributed by atoms with Crippen molar-refractivity contribution in [3.05, 3.63) is 24.2 Å². The van der Waals surface area contributed by atoms with Gasteiger partial charge in [0, 0.05) is 25.0 Å². The first-order chi connectivity index (χ1) is 9.54. The third-order valence-corrected chi connectivity index (χ3v) is 3.48. The molecule has 20 heavy (non-hydrogen) atoms. The summed E-state index contributed by atoms with van der Waals surface area (Å²) in [6.07, 6.45) is 4.69. The number of hydrogen-bond acceptors (Lipinski definition) is 4. The van der Waals surface area contributed by atoms with Gasteiger partial charge in [-0.15, -0.1) is 0 Å². The molecule has 2 aromatic rings. The minimum absolute atomic E-state index is 0.387. The predicted molar refractivity (Wildman–Crippen MR) is 83.2 cm³/mol. The van der Waals surface area contributed by atoms with Crippen LogP contribution in [0.4, 0.5) is 5.82 Å². The second-order valence-electron chi connectivity index (χ2n) is 5.73. The Morgan fingerprint density at radius 1 is 1.30 bits per heavy atom. The highest BCUT2D eigenvalue weighted by Gasteiger charge is 2.17. The van der Waals surface area contributed by atoms with Crippen molar-refractivity contribution in [2.45, 2.75) is 46.1 Å². The van der Waals surface area contributed by atoms with Crippen LogP contribution in [-0.2, 0) is 0 Å². The van der Waals surface area contributed by atoms with E-state index in [4.69, 9.17) is 5.73 Å². The van der Waals surface area contributed by atoms with E-state index >= 15 is 0 Å². The molecule has 5 nitrogen and oxygen atoms in total. The fourth-order valence-electron chi connectivity index (χ4n) is 2.30. The zero-order chi connectivity index (χ0) is 14.7. The van der Waals surface area contributed by atoms with Crippen LogP contribution in [0, 0.1) is 0 Å². The van der Waals surface area contributed by atoms with Gasteiger partial charge in [0.15, 0.2) is 5.82 Å². The predicted octanol–water partition coefficient (Wildman–Crippen LogP) is 2.42. The molecule has 5 heteroatoms. The first-order valence-corrected chi connectivity index (χ1v) is 7.35. The lowest BCUT2D eigenvalue weighted by molar-refractivity contribution is 0.649. The first-order valence-electron chi connectivity index (χ1n) is 7.35. The lowest BCUT2D eigenvalue weighted by Crippen LogP contribution is -2.33. The SMILES string of the molecule is CC(C)c1cc2c(N(CCCN)C(C)C)nccn2n1. The highest BCUT2D eigenvalue weighted by Crippen LogP contribution is 2.24. The Labute approximate surface area is 120 Å². The maximum Gasteiger partial charge on any atom is 0.154 e. The van der Waals surface area contributed by atoms with E-state index in [-0.39, 0.29) is 0 Å². The maximum atomic E-state index is 5.65. The fourth-order valence-corrected chi connectivity index (χ4v) is 2.30. The van der Waals surface area contributed by atoms with Crippen molar-refractivity contribution < 1.29 is 0 Å². The zero-order valence-electron chi connectivity index (χ0n) is 12.9. The number of fused-ring (bicyclic) bond motifs is 1. The van der Waals surface area contributed by atoms with Gasteiger partial charge >= 0.3 is 0 Å². The van der Waals surface area contributed by atoms with Crippen molar-refractivity contribution in [1.82, 2.24) is 14.6 Å². The van der Waals surface area contributed by atoms with Crippen LogP contribution in [-0.4, -0.2) is 33.7 Å². The van der Waals surface area contributed by atoms with E-state index in [1.165, 1.54) is 0 Å². The molecule has 0 aromatic carbocycles. The number of anilines is 1. The number of rotatable bonds is 6. The molecule has 2 aromatic heterocycles. The summed E-state index contributed by atoms with van der Waals surface area (Å²) < 4.78 is 1.93. The van der Waals surface area contributed by atoms with E-state index in [1.54, 1.807) is 0 Å². The normalized spacial score (nSPS) is 11.8. The molecule has 0 saturated heterocycles. The Kier molecular flexibility index (Phi) is 4.60. The van der Waals surface area contributed by atoms with Crippen LogP contribution in [0.5, 0.6) is 0 Å². The molecule has 0 fully saturated rings. The lowest BCUT2D eigenvalue weighted by atomic mass is 10.1. The molecule has 0 atom stereocenters. The summed E-state index contributed by atoms with van der Waals surface area (Å²) >= 11 is 0. The van der Waals surface area contributed by atoms with Crippen LogP contribution in [0.1, 0.15) is 45.7 Å². The minimum Gasteiger partial charge on any atom is -0.352 e. The van der Waals surface area contributed by atoms with Gasteiger partial charge in [0.25, 0.3) is 0 Å². The van der Waals surface area contributed by atoms with Gasteiger partial charge in [0.2, 0.25) is 0 Å². The summed E-state index contributed by atoms with van der Waals surface area (Å²) in [7, 11) is 0. The van der Waals surface area contributed by atoms with Gasteiger partial charge in [-0.2, -0.15) is 5.10 Å². The molecule has 0 spiro atoms. The average molecular weight is 275 g/mol. The molecule has 2 N–H and O–H groups in total. The summed E-state index contributed by atoms with van der Waals surface area (Å²) in [4.78, 5) is 6.88. The number of nitrogens with zero attached hydrogens (tertiary/aromatic N) is 4. The van der Waals surface area contributed by atoms with Crippen LogP contribution >= 0.6 is 0 Å². The van der Waals surface area contributed by atoms with Gasteiger partial charge in [-0.05, 0) is 38.8 Å². The fraction of sp³-hybridized carbons (Fsp3) is 0.600. The third-order valence-electron chi connectivity index (χ3n) is 3.48. The highest BCUT2D eigenvalue weighted by molar-refractivity contribution is 5.69. The Hall–Kier alpha value is -1.62. The van der Waals surface area contributed by atoms with Crippen molar-refractivity contribution in [2.75, 3.05) is 18.0 Å². The van der Waals surface area contributed by atoms with E-state index in [9.17, 15) is 0 Å². The minimum atomic E-state index is 0.387. The molecule has 0 aliphatic heterocycles. The Bertz CT molecular complexity index is 558. The van der Waals surface area contributed by atoms with Crippen molar-refractivity contribution in [2.24, 2.45) is 5.73 Å². The summed E-state index contributed by atoms with van der Waals surface area (Å²) in [5, 5.41) is 4.62. The Morgan fingerprint density at radius 3 is 2.65 bits per heavy atom. The molecule has 2 rings (SSSR count). The van der Waals surface area contributed by atoms with E-state index in [1.807, 2.05) is 16.9 Å². The van der Waals surface area contributed by atoms with Crippen LogP contribution in [0.25, 0.3) is 5.52 Å². The first kappa shape index (κ1) is 14.8.